The minimum absolute atomic E-state index is 0.143. The lowest BCUT2D eigenvalue weighted by Gasteiger charge is -2.35. The summed E-state index contributed by atoms with van der Waals surface area (Å²) in [5.74, 6) is -0.212. The fraction of sp³-hybridized carbons (Fsp3) is 0.375. The van der Waals surface area contributed by atoms with Gasteiger partial charge in [-0.1, -0.05) is 11.2 Å². The zero-order valence-electron chi connectivity index (χ0n) is 14.4. The van der Waals surface area contributed by atoms with E-state index in [4.69, 9.17) is 8.94 Å². The van der Waals surface area contributed by atoms with Gasteiger partial charge in [0.1, 0.15) is 10.6 Å². The van der Waals surface area contributed by atoms with Crippen LogP contribution in [0.15, 0.2) is 36.8 Å². The first-order valence-corrected chi connectivity index (χ1v) is 9.62. The molecule has 1 aliphatic rings. The van der Waals surface area contributed by atoms with Crippen molar-refractivity contribution in [3.05, 3.63) is 40.2 Å². The summed E-state index contributed by atoms with van der Waals surface area (Å²) < 4.78 is 37.5. The van der Waals surface area contributed by atoms with E-state index in [1.54, 1.807) is 19.9 Å². The van der Waals surface area contributed by atoms with Crippen LogP contribution in [0, 0.1) is 13.8 Å². The summed E-state index contributed by atoms with van der Waals surface area (Å²) in [4.78, 5) is 16.2. The smallest absolute Gasteiger partial charge is 0.406 e. The first-order chi connectivity index (χ1) is 12.4. The Morgan fingerprint density at radius 3 is 2.54 bits per heavy atom. The molecule has 1 aromatic carbocycles. The number of fused-ring (bicyclic) bond motifs is 1. The van der Waals surface area contributed by atoms with Crippen molar-refractivity contribution in [1.82, 2.24) is 14.4 Å². The van der Waals surface area contributed by atoms with Crippen molar-refractivity contribution in [2.24, 2.45) is 0 Å². The van der Waals surface area contributed by atoms with E-state index >= 15 is 0 Å². The Hall–Kier alpha value is -2.59. The lowest BCUT2D eigenvalue weighted by molar-refractivity contribution is 0.378. The number of hydrogen-bond donors (Lipinski definition) is 1. The SMILES string of the molecule is Cc1noc(C)c1S(=O)(=O)N1CCN(c2cccc3[nH]c(=O)oc23)CC1. The summed E-state index contributed by atoms with van der Waals surface area (Å²) in [6, 6.07) is 5.45. The molecule has 1 fully saturated rings. The molecule has 138 valence electrons. The van der Waals surface area contributed by atoms with Gasteiger partial charge in [-0.3, -0.25) is 4.98 Å². The molecule has 3 aromatic rings. The molecule has 10 heteroatoms. The van der Waals surface area contributed by atoms with E-state index in [1.165, 1.54) is 4.31 Å². The van der Waals surface area contributed by atoms with E-state index in [2.05, 4.69) is 10.1 Å². The molecule has 1 aliphatic heterocycles. The quantitative estimate of drug-likeness (QED) is 0.729. The molecule has 0 saturated carbocycles. The van der Waals surface area contributed by atoms with Crippen LogP contribution in [0.1, 0.15) is 11.5 Å². The third-order valence-electron chi connectivity index (χ3n) is 4.57. The Morgan fingerprint density at radius 1 is 1.15 bits per heavy atom. The van der Waals surface area contributed by atoms with Gasteiger partial charge in [-0.25, -0.2) is 13.2 Å². The monoisotopic (exact) mass is 378 g/mol. The van der Waals surface area contributed by atoms with Crippen molar-refractivity contribution >= 4 is 26.8 Å². The van der Waals surface area contributed by atoms with Crippen molar-refractivity contribution in [3.8, 4) is 0 Å². The minimum Gasteiger partial charge on any atom is -0.406 e. The second-order valence-corrected chi connectivity index (χ2v) is 8.09. The number of hydrogen-bond acceptors (Lipinski definition) is 7. The van der Waals surface area contributed by atoms with E-state index in [0.29, 0.717) is 48.7 Å². The first kappa shape index (κ1) is 16.9. The van der Waals surface area contributed by atoms with E-state index < -0.39 is 15.8 Å². The average Bonchev–Trinajstić information content (AvgIpc) is 3.16. The van der Waals surface area contributed by atoms with E-state index in [1.807, 2.05) is 17.0 Å². The van der Waals surface area contributed by atoms with Crippen LogP contribution in [-0.2, 0) is 10.0 Å². The molecular weight excluding hydrogens is 360 g/mol. The third kappa shape index (κ3) is 2.61. The number of aryl methyl sites for hydroxylation is 2. The molecule has 0 spiro atoms. The number of rotatable bonds is 3. The maximum atomic E-state index is 12.9. The van der Waals surface area contributed by atoms with Gasteiger partial charge in [0, 0.05) is 26.2 Å². The van der Waals surface area contributed by atoms with Crippen molar-refractivity contribution in [2.45, 2.75) is 18.7 Å². The van der Waals surface area contributed by atoms with Crippen molar-refractivity contribution < 1.29 is 17.4 Å². The molecule has 0 bridgehead atoms. The zero-order valence-corrected chi connectivity index (χ0v) is 15.2. The van der Waals surface area contributed by atoms with Crippen LogP contribution in [0.4, 0.5) is 5.69 Å². The number of H-pyrrole nitrogens is 1. The maximum absolute atomic E-state index is 12.9. The number of nitrogens with zero attached hydrogens (tertiary/aromatic N) is 3. The molecule has 2 aromatic heterocycles. The zero-order chi connectivity index (χ0) is 18.5. The molecule has 26 heavy (non-hydrogen) atoms. The Balaban J connectivity index is 1.58. The third-order valence-corrected chi connectivity index (χ3v) is 6.71. The fourth-order valence-corrected chi connectivity index (χ4v) is 5.06. The predicted octanol–water partition coefficient (Wildman–Crippen LogP) is 1.24. The van der Waals surface area contributed by atoms with Gasteiger partial charge in [0.15, 0.2) is 11.3 Å². The van der Waals surface area contributed by atoms with Gasteiger partial charge in [-0.05, 0) is 26.0 Å². The van der Waals surface area contributed by atoms with Crippen LogP contribution in [0.3, 0.4) is 0 Å². The van der Waals surface area contributed by atoms with Gasteiger partial charge >= 0.3 is 5.76 Å². The highest BCUT2D eigenvalue weighted by atomic mass is 32.2. The summed E-state index contributed by atoms with van der Waals surface area (Å²) in [6.45, 7) is 4.81. The first-order valence-electron chi connectivity index (χ1n) is 8.18. The molecule has 9 nitrogen and oxygen atoms in total. The number of benzene rings is 1. The lowest BCUT2D eigenvalue weighted by atomic mass is 10.2. The van der Waals surface area contributed by atoms with Crippen LogP contribution in [0.5, 0.6) is 0 Å². The fourth-order valence-electron chi connectivity index (χ4n) is 3.35. The normalized spacial score (nSPS) is 16.5. The average molecular weight is 378 g/mol. The second-order valence-electron chi connectivity index (χ2n) is 6.21. The highest BCUT2D eigenvalue weighted by Gasteiger charge is 2.33. The lowest BCUT2D eigenvalue weighted by Crippen LogP contribution is -2.48. The van der Waals surface area contributed by atoms with Crippen LogP contribution < -0.4 is 10.7 Å². The van der Waals surface area contributed by atoms with Gasteiger partial charge in [0.2, 0.25) is 10.0 Å². The summed E-state index contributed by atoms with van der Waals surface area (Å²) in [5.41, 5.74) is 2.25. The molecule has 0 aliphatic carbocycles. The van der Waals surface area contributed by atoms with Crippen LogP contribution >= 0.6 is 0 Å². The second kappa shape index (κ2) is 5.99. The molecular formula is C16H18N4O5S. The Labute approximate surface area is 149 Å². The summed E-state index contributed by atoms with van der Waals surface area (Å²) in [6.07, 6.45) is 0. The van der Waals surface area contributed by atoms with Gasteiger partial charge in [0.05, 0.1) is 11.2 Å². The molecule has 0 unspecified atom stereocenters. The molecule has 1 saturated heterocycles. The number of piperazine rings is 1. The largest absolute Gasteiger partial charge is 0.417 e. The topological polar surface area (TPSA) is 113 Å². The molecule has 4 rings (SSSR count). The summed E-state index contributed by atoms with van der Waals surface area (Å²) in [7, 11) is -3.65. The Kier molecular flexibility index (Phi) is 3.88. The van der Waals surface area contributed by atoms with E-state index in [0.717, 1.165) is 5.69 Å². The number of oxazole rings is 1. The van der Waals surface area contributed by atoms with Crippen LogP contribution in [0.25, 0.3) is 11.1 Å². The van der Waals surface area contributed by atoms with Gasteiger partial charge in [-0.2, -0.15) is 4.31 Å². The van der Waals surface area contributed by atoms with Crippen molar-refractivity contribution in [1.29, 1.82) is 0 Å². The number of para-hydroxylation sites is 1. The minimum atomic E-state index is -3.65. The maximum Gasteiger partial charge on any atom is 0.417 e. The van der Waals surface area contributed by atoms with Gasteiger partial charge in [-0.15, -0.1) is 0 Å². The Morgan fingerprint density at radius 2 is 1.88 bits per heavy atom. The summed E-state index contributed by atoms with van der Waals surface area (Å²) in [5, 5.41) is 3.74. The number of aromatic nitrogens is 2. The number of sulfonamides is 1. The molecule has 0 amide bonds. The highest BCUT2D eigenvalue weighted by Crippen LogP contribution is 2.28. The van der Waals surface area contributed by atoms with Crippen LogP contribution in [-0.4, -0.2) is 49.0 Å². The molecule has 0 radical (unpaired) electrons. The highest BCUT2D eigenvalue weighted by molar-refractivity contribution is 7.89. The summed E-state index contributed by atoms with van der Waals surface area (Å²) >= 11 is 0. The van der Waals surface area contributed by atoms with E-state index in [-0.39, 0.29) is 4.90 Å². The molecule has 1 N–H and O–H groups in total. The number of anilines is 1. The standard InChI is InChI=1S/C16H18N4O5S/c1-10-15(11(2)25-18-10)26(22,23)20-8-6-19(7-9-20)13-5-3-4-12-14(13)24-16(21)17-12/h3-5H,6-9H2,1-2H3,(H,17,21). The van der Waals surface area contributed by atoms with Gasteiger partial charge in [0.25, 0.3) is 0 Å². The van der Waals surface area contributed by atoms with Crippen molar-refractivity contribution in [2.75, 3.05) is 31.1 Å². The predicted molar refractivity (Wildman–Crippen MR) is 93.8 cm³/mol. The molecule has 0 atom stereocenters. The molecule has 3 heterocycles. The Bertz CT molecular complexity index is 1100. The number of nitrogens with one attached hydrogen (secondary N) is 1. The van der Waals surface area contributed by atoms with Crippen molar-refractivity contribution in [3.63, 3.8) is 0 Å². The van der Waals surface area contributed by atoms with Gasteiger partial charge < -0.3 is 13.8 Å². The van der Waals surface area contributed by atoms with Crippen LogP contribution in [0.2, 0.25) is 0 Å². The number of aromatic amines is 1. The van der Waals surface area contributed by atoms with E-state index in [9.17, 15) is 13.2 Å².